The Labute approximate surface area is 296 Å². The van der Waals surface area contributed by atoms with Gasteiger partial charge in [0.25, 0.3) is 0 Å². The summed E-state index contributed by atoms with van der Waals surface area (Å²) in [6, 6.07) is 62.5. The molecule has 0 atom stereocenters. The van der Waals surface area contributed by atoms with Crippen molar-refractivity contribution >= 4 is 113 Å². The molecule has 0 saturated carbocycles. The first kappa shape index (κ1) is 28.0. The van der Waals surface area contributed by atoms with Crippen molar-refractivity contribution in [1.82, 2.24) is 4.57 Å². The molecule has 0 unspecified atom stereocenters. The topological polar surface area (TPSA) is 8.17 Å². The molecule has 8 aromatic carbocycles. The van der Waals surface area contributed by atoms with Crippen molar-refractivity contribution in [3.63, 3.8) is 0 Å². The lowest BCUT2D eigenvalue weighted by Crippen LogP contribution is -2.10. The van der Waals surface area contributed by atoms with Crippen LogP contribution in [0.25, 0.3) is 78.6 Å². The molecule has 0 bridgehead atoms. The zero-order valence-corrected chi connectivity index (χ0v) is 28.5. The van der Waals surface area contributed by atoms with E-state index in [0.29, 0.717) is 0 Å². The third-order valence-electron chi connectivity index (χ3n) is 10.1. The summed E-state index contributed by atoms with van der Waals surface area (Å²) in [5.74, 6) is 0. The summed E-state index contributed by atoms with van der Waals surface area (Å²) in [4.78, 5) is 2.48. The number of fused-ring (bicyclic) bond motifs is 10. The maximum absolute atomic E-state index is 2.48. The van der Waals surface area contributed by atoms with Gasteiger partial charge < -0.3 is 9.47 Å². The van der Waals surface area contributed by atoms with E-state index < -0.39 is 0 Å². The van der Waals surface area contributed by atoms with Gasteiger partial charge in [0.2, 0.25) is 0 Å². The lowest BCUT2D eigenvalue weighted by molar-refractivity contribution is 1.18. The van der Waals surface area contributed by atoms with Crippen LogP contribution in [0, 0.1) is 0 Å². The Balaban J connectivity index is 1.20. The smallest absolute Gasteiger partial charge is 0.0554 e. The number of nitrogens with zero attached hydrogens (tertiary/aromatic N) is 2. The minimum absolute atomic E-state index is 1.14. The van der Waals surface area contributed by atoms with Gasteiger partial charge in [0.15, 0.2) is 0 Å². The number of hydrogen-bond donors (Lipinski definition) is 0. The Bertz CT molecular complexity index is 3110. The summed E-state index contributed by atoms with van der Waals surface area (Å²) < 4.78 is 7.65. The van der Waals surface area contributed by atoms with Crippen LogP contribution in [0.5, 0.6) is 0 Å². The fourth-order valence-corrected chi connectivity index (χ4v) is 10.2. The highest BCUT2D eigenvalue weighted by molar-refractivity contribution is 7.26. The summed E-state index contributed by atoms with van der Waals surface area (Å²) in [6.45, 7) is 0. The van der Waals surface area contributed by atoms with E-state index in [2.05, 4.69) is 179 Å². The molecule has 0 radical (unpaired) electrons. The quantitative estimate of drug-likeness (QED) is 0.181. The number of hydrogen-bond acceptors (Lipinski definition) is 3. The molecular formula is C46H28N2S2. The molecule has 0 N–H and O–H groups in total. The normalized spacial score (nSPS) is 12.0. The van der Waals surface area contributed by atoms with Gasteiger partial charge in [-0.2, -0.15) is 0 Å². The SMILES string of the molecule is c1ccc(-n2c3ccccc3c3cc(N(c4ccc5cc6sc7ccccc7c6cc5c4)c4cccc5sc6ccccc6c45)ccc32)cc1. The third kappa shape index (κ3) is 4.13. The van der Waals surface area contributed by atoms with Crippen LogP contribution >= 0.6 is 22.7 Å². The highest BCUT2D eigenvalue weighted by Gasteiger charge is 2.21. The minimum atomic E-state index is 1.14. The van der Waals surface area contributed by atoms with Gasteiger partial charge in [-0.1, -0.05) is 84.9 Å². The second-order valence-electron chi connectivity index (χ2n) is 13.0. The fourth-order valence-electron chi connectivity index (χ4n) is 7.92. The highest BCUT2D eigenvalue weighted by Crippen LogP contribution is 2.47. The molecule has 0 aliphatic rings. The zero-order valence-electron chi connectivity index (χ0n) is 26.9. The van der Waals surface area contributed by atoms with Crippen molar-refractivity contribution in [1.29, 1.82) is 0 Å². The second kappa shape index (κ2) is 10.8. The molecule has 0 fully saturated rings. The first-order valence-electron chi connectivity index (χ1n) is 16.9. The van der Waals surface area contributed by atoms with E-state index in [1.807, 2.05) is 22.7 Å². The van der Waals surface area contributed by atoms with Gasteiger partial charge in [-0.3, -0.25) is 0 Å². The van der Waals surface area contributed by atoms with Gasteiger partial charge in [-0.05, 0) is 95.7 Å². The number of benzene rings is 8. The van der Waals surface area contributed by atoms with Crippen molar-refractivity contribution in [2.75, 3.05) is 4.90 Å². The van der Waals surface area contributed by atoms with Crippen molar-refractivity contribution in [2.45, 2.75) is 0 Å². The van der Waals surface area contributed by atoms with Gasteiger partial charge >= 0.3 is 0 Å². The van der Waals surface area contributed by atoms with Crippen LogP contribution < -0.4 is 4.90 Å². The Kier molecular flexibility index (Phi) is 6.03. The molecule has 2 nitrogen and oxygen atoms in total. The molecule has 3 aromatic heterocycles. The van der Waals surface area contributed by atoms with E-state index in [1.54, 1.807) is 0 Å². The number of rotatable bonds is 4. The van der Waals surface area contributed by atoms with Gasteiger partial charge in [0.05, 0.1) is 16.7 Å². The predicted octanol–water partition coefficient (Wildman–Crippen LogP) is 14.1. The summed E-state index contributed by atoms with van der Waals surface area (Å²) in [5.41, 5.74) is 7.04. The molecule has 11 rings (SSSR count). The van der Waals surface area contributed by atoms with Crippen molar-refractivity contribution in [2.24, 2.45) is 0 Å². The van der Waals surface area contributed by atoms with E-state index >= 15 is 0 Å². The molecular weight excluding hydrogens is 645 g/mol. The third-order valence-corrected chi connectivity index (χ3v) is 12.4. The molecule has 4 heteroatoms. The van der Waals surface area contributed by atoms with E-state index in [0.717, 1.165) is 11.4 Å². The zero-order chi connectivity index (χ0) is 32.8. The first-order chi connectivity index (χ1) is 24.8. The van der Waals surface area contributed by atoms with Gasteiger partial charge in [0.1, 0.15) is 0 Å². The summed E-state index contributed by atoms with van der Waals surface area (Å²) >= 11 is 3.74. The molecule has 0 saturated heterocycles. The molecule has 0 aliphatic carbocycles. The molecule has 0 amide bonds. The number of aromatic nitrogens is 1. The Hall–Kier alpha value is -5.94. The van der Waals surface area contributed by atoms with Crippen LogP contribution in [0.15, 0.2) is 170 Å². The van der Waals surface area contributed by atoms with Gasteiger partial charge in [-0.25, -0.2) is 0 Å². The fraction of sp³-hybridized carbons (Fsp3) is 0. The van der Waals surface area contributed by atoms with E-state index in [9.17, 15) is 0 Å². The van der Waals surface area contributed by atoms with Crippen LogP contribution in [0.3, 0.4) is 0 Å². The van der Waals surface area contributed by atoms with Crippen LogP contribution in [-0.2, 0) is 0 Å². The molecule has 11 aromatic rings. The van der Waals surface area contributed by atoms with E-state index in [-0.39, 0.29) is 0 Å². The maximum Gasteiger partial charge on any atom is 0.0554 e. The van der Waals surface area contributed by atoms with Crippen molar-refractivity contribution in [3.8, 4) is 5.69 Å². The lowest BCUT2D eigenvalue weighted by Gasteiger charge is -2.27. The number of para-hydroxylation sites is 2. The van der Waals surface area contributed by atoms with Crippen molar-refractivity contribution in [3.05, 3.63) is 170 Å². The second-order valence-corrected chi connectivity index (χ2v) is 15.1. The Morgan fingerprint density at radius 3 is 1.92 bits per heavy atom. The standard InChI is InChI=1S/C46H28N2S2/c1-2-11-31(12-3-1)48-39-16-7-4-13-34(39)37-28-33(23-24-40(37)48)47(41-17-10-20-44-46(41)36-15-6-9-19-43(36)49-44)32-22-21-29-27-45-38(26-30(29)25-32)35-14-5-8-18-42(35)50-45/h1-28H. The summed E-state index contributed by atoms with van der Waals surface area (Å²) in [5, 5.41) is 10.2. The average molecular weight is 673 g/mol. The molecule has 234 valence electrons. The van der Waals surface area contributed by atoms with Crippen LogP contribution in [0.2, 0.25) is 0 Å². The molecule has 0 aliphatic heterocycles. The Morgan fingerprint density at radius 1 is 0.380 bits per heavy atom. The van der Waals surface area contributed by atoms with Crippen LogP contribution in [0.1, 0.15) is 0 Å². The van der Waals surface area contributed by atoms with Crippen molar-refractivity contribution < 1.29 is 0 Å². The van der Waals surface area contributed by atoms with E-state index in [1.165, 1.54) is 84.3 Å². The van der Waals surface area contributed by atoms with Gasteiger partial charge in [-0.15, -0.1) is 22.7 Å². The maximum atomic E-state index is 2.48. The Morgan fingerprint density at radius 2 is 1.04 bits per heavy atom. The largest absolute Gasteiger partial charge is 0.310 e. The average Bonchev–Trinajstić information content (AvgIpc) is 3.84. The van der Waals surface area contributed by atoms with E-state index in [4.69, 9.17) is 0 Å². The first-order valence-corrected chi connectivity index (χ1v) is 18.6. The minimum Gasteiger partial charge on any atom is -0.310 e. The molecule has 3 heterocycles. The molecule has 50 heavy (non-hydrogen) atoms. The summed E-state index contributed by atoms with van der Waals surface area (Å²) in [7, 11) is 0. The molecule has 0 spiro atoms. The summed E-state index contributed by atoms with van der Waals surface area (Å²) in [6.07, 6.45) is 0. The van der Waals surface area contributed by atoms with Crippen LogP contribution in [-0.4, -0.2) is 4.57 Å². The highest BCUT2D eigenvalue weighted by atomic mass is 32.1. The number of anilines is 3. The van der Waals surface area contributed by atoms with Crippen LogP contribution in [0.4, 0.5) is 17.1 Å². The lowest BCUT2D eigenvalue weighted by atomic mass is 10.0. The monoisotopic (exact) mass is 672 g/mol. The van der Waals surface area contributed by atoms with Gasteiger partial charge in [0, 0.05) is 68.2 Å². The predicted molar refractivity (Wildman–Crippen MR) is 219 cm³/mol. The number of thiophene rings is 2.